The Bertz CT molecular complexity index is 213. The van der Waals surface area contributed by atoms with E-state index < -0.39 is 0 Å². The average molecular weight is 383 g/mol. The molecule has 1 nitrogen and oxygen atoms in total. The molecular weight excluding hydrogens is 348 g/mol. The number of hydrogen-bond donors (Lipinski definition) is 2. The second-order valence-electron chi connectivity index (χ2n) is 5.83. The predicted octanol–water partition coefficient (Wildman–Crippen LogP) is 6.27. The fraction of sp³-hybridized carbons (Fsp3) is 0.941. The van der Waals surface area contributed by atoms with Crippen molar-refractivity contribution in [3.8, 4) is 0 Å². The van der Waals surface area contributed by atoms with Crippen molar-refractivity contribution in [2.75, 3.05) is 6.54 Å². The van der Waals surface area contributed by atoms with E-state index in [-0.39, 0.29) is 19.5 Å². The molecule has 0 heterocycles. The molecular formula is C17H35NS2Zn. The van der Waals surface area contributed by atoms with Crippen LogP contribution in [0.1, 0.15) is 96.8 Å². The van der Waals surface area contributed by atoms with Gasteiger partial charge in [-0.1, -0.05) is 103 Å². The number of hydrogen-bond acceptors (Lipinski definition) is 1. The van der Waals surface area contributed by atoms with Crippen molar-refractivity contribution >= 4 is 29.2 Å². The van der Waals surface area contributed by atoms with Crippen LogP contribution in [-0.4, -0.2) is 10.9 Å². The summed E-state index contributed by atoms with van der Waals surface area (Å²) >= 11 is 8.89. The minimum atomic E-state index is 0. The standard InChI is InChI=1S/C17H35NS2.Zn/c1-2-3-4-5-6-7-8-9-10-11-12-13-14-15-16-18-17(19)20;/h2-16H2,1H3,(H2,18,19,20);. The van der Waals surface area contributed by atoms with Crippen molar-refractivity contribution in [2.45, 2.75) is 96.8 Å². The summed E-state index contributed by atoms with van der Waals surface area (Å²) in [6, 6.07) is 0. The summed E-state index contributed by atoms with van der Waals surface area (Å²) in [5, 5.41) is 3.08. The fourth-order valence-corrected chi connectivity index (χ4v) is 2.73. The van der Waals surface area contributed by atoms with Crippen LogP contribution in [0.4, 0.5) is 0 Å². The zero-order valence-corrected chi connectivity index (χ0v) is 18.8. The fourth-order valence-electron chi connectivity index (χ4n) is 2.51. The Labute approximate surface area is 157 Å². The van der Waals surface area contributed by atoms with E-state index in [4.69, 9.17) is 12.2 Å². The Morgan fingerprint density at radius 1 is 0.714 bits per heavy atom. The van der Waals surface area contributed by atoms with Crippen molar-refractivity contribution in [3.05, 3.63) is 0 Å². The van der Waals surface area contributed by atoms with Gasteiger partial charge in [-0.15, -0.1) is 12.6 Å². The number of unbranched alkanes of at least 4 members (excludes halogenated alkanes) is 13. The van der Waals surface area contributed by atoms with Crippen LogP contribution in [-0.2, 0) is 19.5 Å². The third kappa shape index (κ3) is 23.3. The van der Waals surface area contributed by atoms with Crippen LogP contribution in [0.5, 0.6) is 0 Å². The largest absolute Gasteiger partial charge is 0.371 e. The van der Waals surface area contributed by atoms with Gasteiger partial charge in [-0.3, -0.25) is 0 Å². The van der Waals surface area contributed by atoms with Gasteiger partial charge in [0.2, 0.25) is 0 Å². The molecule has 0 aliphatic carbocycles. The molecule has 0 aromatic rings. The number of nitrogens with one attached hydrogen (secondary N) is 1. The van der Waals surface area contributed by atoms with Crippen LogP contribution in [0.3, 0.4) is 0 Å². The summed E-state index contributed by atoms with van der Waals surface area (Å²) in [6.07, 6.45) is 19.7. The van der Waals surface area contributed by atoms with Crippen molar-refractivity contribution in [1.82, 2.24) is 5.32 Å². The third-order valence-corrected chi connectivity index (χ3v) is 4.11. The molecule has 21 heavy (non-hydrogen) atoms. The number of thiocarbonyl (C=S) groups is 1. The van der Waals surface area contributed by atoms with Gasteiger partial charge in [0.25, 0.3) is 0 Å². The van der Waals surface area contributed by atoms with Crippen LogP contribution in [0.2, 0.25) is 0 Å². The molecule has 0 bridgehead atoms. The third-order valence-electron chi connectivity index (χ3n) is 3.81. The molecule has 0 saturated carbocycles. The zero-order chi connectivity index (χ0) is 14.9. The molecule has 1 N–H and O–H groups in total. The molecule has 0 aliphatic heterocycles. The quantitative estimate of drug-likeness (QED) is 0.150. The molecule has 0 radical (unpaired) electrons. The summed E-state index contributed by atoms with van der Waals surface area (Å²) < 4.78 is 0.625. The summed E-state index contributed by atoms with van der Waals surface area (Å²) in [7, 11) is 0. The Balaban J connectivity index is 0. The van der Waals surface area contributed by atoms with Gasteiger partial charge in [-0.2, -0.15) is 0 Å². The maximum atomic E-state index is 4.85. The normalized spacial score (nSPS) is 10.2. The van der Waals surface area contributed by atoms with E-state index in [2.05, 4.69) is 24.9 Å². The molecule has 0 fully saturated rings. The molecule has 0 unspecified atom stereocenters. The average Bonchev–Trinajstić information content (AvgIpc) is 2.43. The first-order chi connectivity index (χ1) is 9.77. The van der Waals surface area contributed by atoms with E-state index in [1.807, 2.05) is 0 Å². The Morgan fingerprint density at radius 3 is 1.38 bits per heavy atom. The summed E-state index contributed by atoms with van der Waals surface area (Å²) in [5.74, 6) is 0. The van der Waals surface area contributed by atoms with Crippen molar-refractivity contribution < 1.29 is 19.5 Å². The molecule has 4 heteroatoms. The minimum Gasteiger partial charge on any atom is -0.371 e. The molecule has 0 rings (SSSR count). The first-order valence-corrected chi connectivity index (χ1v) is 9.59. The molecule has 0 saturated heterocycles. The summed E-state index contributed by atoms with van der Waals surface area (Å²) in [5.41, 5.74) is 0. The van der Waals surface area contributed by atoms with Crippen molar-refractivity contribution in [2.24, 2.45) is 0 Å². The molecule has 0 spiro atoms. The van der Waals surface area contributed by atoms with Crippen LogP contribution in [0.25, 0.3) is 0 Å². The monoisotopic (exact) mass is 381 g/mol. The SMILES string of the molecule is CCCCCCCCCCCCCCCCNC(=S)S.[Zn]. The first-order valence-electron chi connectivity index (χ1n) is 8.74. The van der Waals surface area contributed by atoms with Gasteiger partial charge in [-0.05, 0) is 6.42 Å². The Kier molecular flexibility index (Phi) is 24.0. The van der Waals surface area contributed by atoms with Gasteiger partial charge in [0.15, 0.2) is 0 Å². The van der Waals surface area contributed by atoms with Gasteiger partial charge in [-0.25, -0.2) is 0 Å². The Hall–Kier alpha value is 0.863. The molecule has 0 atom stereocenters. The molecule has 0 aromatic carbocycles. The topological polar surface area (TPSA) is 12.0 Å². The second kappa shape index (κ2) is 20.9. The van der Waals surface area contributed by atoms with Crippen molar-refractivity contribution in [1.29, 1.82) is 0 Å². The van der Waals surface area contributed by atoms with E-state index in [1.165, 1.54) is 89.9 Å². The van der Waals surface area contributed by atoms with Crippen molar-refractivity contribution in [3.63, 3.8) is 0 Å². The molecule has 0 aliphatic rings. The van der Waals surface area contributed by atoms with Gasteiger partial charge < -0.3 is 5.32 Å². The number of thiol groups is 1. The van der Waals surface area contributed by atoms with Crippen LogP contribution < -0.4 is 5.32 Å². The smallest absolute Gasteiger partial charge is 0.130 e. The van der Waals surface area contributed by atoms with E-state index in [0.29, 0.717) is 4.32 Å². The van der Waals surface area contributed by atoms with E-state index in [9.17, 15) is 0 Å². The van der Waals surface area contributed by atoms with Gasteiger partial charge >= 0.3 is 0 Å². The molecule has 122 valence electrons. The van der Waals surface area contributed by atoms with E-state index >= 15 is 0 Å². The Morgan fingerprint density at radius 2 is 1.05 bits per heavy atom. The summed E-state index contributed by atoms with van der Waals surface area (Å²) in [4.78, 5) is 0. The second-order valence-corrected chi connectivity index (χ2v) is 6.99. The van der Waals surface area contributed by atoms with Gasteiger partial charge in [0.05, 0.1) is 0 Å². The maximum absolute atomic E-state index is 4.85. The molecule has 0 amide bonds. The van der Waals surface area contributed by atoms with Crippen LogP contribution in [0, 0.1) is 0 Å². The van der Waals surface area contributed by atoms with E-state index in [1.54, 1.807) is 0 Å². The zero-order valence-electron chi connectivity index (χ0n) is 14.2. The van der Waals surface area contributed by atoms with Gasteiger partial charge in [0.1, 0.15) is 4.32 Å². The predicted molar refractivity (Wildman–Crippen MR) is 99.9 cm³/mol. The maximum Gasteiger partial charge on any atom is 0.130 e. The molecule has 0 aromatic heterocycles. The first kappa shape index (κ1) is 24.1. The summed E-state index contributed by atoms with van der Waals surface area (Å²) in [6.45, 7) is 3.27. The number of rotatable bonds is 15. The minimum absolute atomic E-state index is 0. The van der Waals surface area contributed by atoms with Crippen LogP contribution >= 0.6 is 24.8 Å². The van der Waals surface area contributed by atoms with Gasteiger partial charge in [0, 0.05) is 26.0 Å². The van der Waals surface area contributed by atoms with E-state index in [0.717, 1.165) is 6.54 Å². The van der Waals surface area contributed by atoms with Crippen LogP contribution in [0.15, 0.2) is 0 Å².